The van der Waals surface area contributed by atoms with E-state index in [0.717, 1.165) is 0 Å². The van der Waals surface area contributed by atoms with Crippen molar-refractivity contribution in [2.75, 3.05) is 0 Å². The minimum Gasteiger partial charge on any atom is -0.377 e. The first-order valence-electron chi connectivity index (χ1n) is 5.28. The third-order valence-corrected chi connectivity index (χ3v) is 2.19. The van der Waals surface area contributed by atoms with Gasteiger partial charge in [-0.3, -0.25) is 4.79 Å². The topological polar surface area (TPSA) is 29.1 Å². The zero-order chi connectivity index (χ0) is 15.4. The maximum atomic E-state index is 12.5. The summed E-state index contributed by atoms with van der Waals surface area (Å²) in [5, 5.41) is 1.79. The summed E-state index contributed by atoms with van der Waals surface area (Å²) in [5.41, 5.74) is -1.30. The van der Waals surface area contributed by atoms with Crippen molar-refractivity contribution in [3.63, 3.8) is 0 Å². The lowest BCUT2D eigenvalue weighted by Crippen LogP contribution is -2.30. The van der Waals surface area contributed by atoms with Gasteiger partial charge < -0.3 is 5.32 Å². The van der Waals surface area contributed by atoms with Crippen LogP contribution in [0.5, 0.6) is 0 Å². The van der Waals surface area contributed by atoms with Crippen molar-refractivity contribution >= 4 is 5.78 Å². The molecule has 0 aliphatic carbocycles. The predicted octanol–water partition coefficient (Wildman–Crippen LogP) is 3.35. The summed E-state index contributed by atoms with van der Waals surface area (Å²) in [6.07, 6.45) is -10.9. The van der Waals surface area contributed by atoms with E-state index >= 15 is 0 Å². The maximum absolute atomic E-state index is 12.5. The van der Waals surface area contributed by atoms with Gasteiger partial charge in [0.2, 0.25) is 0 Å². The highest BCUT2D eigenvalue weighted by Gasteiger charge is 2.41. The summed E-state index contributed by atoms with van der Waals surface area (Å²) in [6, 6.07) is 7.75. The molecule has 0 atom stereocenters. The summed E-state index contributed by atoms with van der Waals surface area (Å²) in [6.45, 7) is -0.350. The van der Waals surface area contributed by atoms with Crippen molar-refractivity contribution in [2.24, 2.45) is 0 Å². The number of hydrogen-bond donors (Lipinski definition) is 1. The smallest absolute Gasteiger partial charge is 0.377 e. The molecule has 0 saturated heterocycles. The second kappa shape index (κ2) is 5.98. The number of carbonyl (C=O) groups excluding carboxylic acids is 1. The first kappa shape index (κ1) is 16.1. The second-order valence-corrected chi connectivity index (χ2v) is 3.76. The number of benzene rings is 1. The molecule has 110 valence electrons. The standard InChI is InChI=1S/C12H9F6NO/c13-11(14,15)9(6-10(20)12(16,17)18)19-7-8-4-2-1-3-5-8/h1-6,19H,7H2/b9-6-. The summed E-state index contributed by atoms with van der Waals surface area (Å²) in [7, 11) is 0. The van der Waals surface area contributed by atoms with Gasteiger partial charge in [0.1, 0.15) is 5.70 Å². The van der Waals surface area contributed by atoms with Gasteiger partial charge in [0.15, 0.2) is 0 Å². The molecule has 2 nitrogen and oxygen atoms in total. The molecule has 0 unspecified atom stereocenters. The van der Waals surface area contributed by atoms with Crippen molar-refractivity contribution in [3.05, 3.63) is 47.7 Å². The molecule has 1 rings (SSSR count). The monoisotopic (exact) mass is 297 g/mol. The van der Waals surface area contributed by atoms with Crippen LogP contribution >= 0.6 is 0 Å². The molecule has 0 aliphatic heterocycles. The Bertz CT molecular complexity index is 489. The highest BCUT2D eigenvalue weighted by atomic mass is 19.4. The third kappa shape index (κ3) is 4.94. The van der Waals surface area contributed by atoms with Gasteiger partial charge in [-0.2, -0.15) is 26.3 Å². The van der Waals surface area contributed by atoms with E-state index in [-0.39, 0.29) is 6.54 Å². The Balaban J connectivity index is 2.87. The van der Waals surface area contributed by atoms with Crippen LogP contribution in [-0.4, -0.2) is 18.1 Å². The number of alkyl halides is 6. The fourth-order valence-electron chi connectivity index (χ4n) is 1.24. The summed E-state index contributed by atoms with van der Waals surface area (Å²) in [4.78, 5) is 10.6. The Kier molecular flexibility index (Phi) is 4.80. The normalized spacial score (nSPS) is 13.2. The molecule has 1 aromatic carbocycles. The van der Waals surface area contributed by atoms with Crippen molar-refractivity contribution in [1.29, 1.82) is 0 Å². The Labute approximate surface area is 110 Å². The van der Waals surface area contributed by atoms with E-state index < -0.39 is 29.9 Å². The Hall–Kier alpha value is -1.99. The molecule has 0 heterocycles. The van der Waals surface area contributed by atoms with E-state index in [1.807, 2.05) is 0 Å². The highest BCUT2D eigenvalue weighted by Crippen LogP contribution is 2.26. The van der Waals surface area contributed by atoms with Gasteiger partial charge in [-0.25, -0.2) is 0 Å². The van der Waals surface area contributed by atoms with Crippen molar-refractivity contribution in [3.8, 4) is 0 Å². The summed E-state index contributed by atoms with van der Waals surface area (Å²) < 4.78 is 73.5. The molecular formula is C12H9F6NO. The van der Waals surface area contributed by atoms with Crippen molar-refractivity contribution in [2.45, 2.75) is 18.9 Å². The second-order valence-electron chi connectivity index (χ2n) is 3.76. The SMILES string of the molecule is O=C(/C=C(\NCc1ccccc1)C(F)(F)F)C(F)(F)F. The fraction of sp³-hybridized carbons (Fsp3) is 0.250. The van der Waals surface area contributed by atoms with Gasteiger partial charge in [-0.15, -0.1) is 0 Å². The van der Waals surface area contributed by atoms with E-state index in [1.54, 1.807) is 23.5 Å². The lowest BCUT2D eigenvalue weighted by atomic mass is 10.2. The number of rotatable bonds is 4. The van der Waals surface area contributed by atoms with Crippen LogP contribution < -0.4 is 5.32 Å². The molecule has 1 aromatic rings. The lowest BCUT2D eigenvalue weighted by Gasteiger charge is -2.14. The van der Waals surface area contributed by atoms with Crippen LogP contribution in [0.3, 0.4) is 0 Å². The largest absolute Gasteiger partial charge is 0.454 e. The van der Waals surface area contributed by atoms with E-state index in [4.69, 9.17) is 0 Å². The average Bonchev–Trinajstić information content (AvgIpc) is 2.32. The number of carbonyl (C=O) groups is 1. The Morgan fingerprint density at radius 1 is 1.00 bits per heavy atom. The van der Waals surface area contributed by atoms with E-state index in [9.17, 15) is 31.1 Å². The number of halogens is 6. The highest BCUT2D eigenvalue weighted by molar-refractivity contribution is 5.95. The molecule has 1 N–H and O–H groups in total. The number of nitrogens with one attached hydrogen (secondary N) is 1. The van der Waals surface area contributed by atoms with Gasteiger partial charge in [0, 0.05) is 12.6 Å². The van der Waals surface area contributed by atoms with Gasteiger partial charge in [0.05, 0.1) is 0 Å². The quantitative estimate of drug-likeness (QED) is 0.682. The van der Waals surface area contributed by atoms with Gasteiger partial charge in [-0.1, -0.05) is 30.3 Å². The van der Waals surface area contributed by atoms with Crippen LogP contribution in [0.2, 0.25) is 0 Å². The van der Waals surface area contributed by atoms with Crippen LogP contribution in [0.25, 0.3) is 0 Å². The average molecular weight is 297 g/mol. The van der Waals surface area contributed by atoms with Gasteiger partial charge in [-0.05, 0) is 5.56 Å². The lowest BCUT2D eigenvalue weighted by molar-refractivity contribution is -0.166. The van der Waals surface area contributed by atoms with Crippen molar-refractivity contribution < 1.29 is 31.1 Å². The van der Waals surface area contributed by atoms with Crippen LogP contribution in [0, 0.1) is 0 Å². The Morgan fingerprint density at radius 3 is 2.00 bits per heavy atom. The predicted molar refractivity (Wildman–Crippen MR) is 58.5 cm³/mol. The summed E-state index contributed by atoms with van der Waals surface area (Å²) in [5.74, 6) is -2.56. The third-order valence-electron chi connectivity index (χ3n) is 2.19. The number of hydrogen-bond acceptors (Lipinski definition) is 2. The first-order valence-corrected chi connectivity index (χ1v) is 5.28. The van der Waals surface area contributed by atoms with E-state index in [0.29, 0.717) is 5.56 Å². The van der Waals surface area contributed by atoms with Crippen LogP contribution in [0.1, 0.15) is 5.56 Å². The van der Waals surface area contributed by atoms with Crippen molar-refractivity contribution in [1.82, 2.24) is 5.32 Å². The fourth-order valence-corrected chi connectivity index (χ4v) is 1.24. The Morgan fingerprint density at radius 2 is 1.55 bits per heavy atom. The zero-order valence-corrected chi connectivity index (χ0v) is 9.85. The van der Waals surface area contributed by atoms with Crippen LogP contribution in [0.4, 0.5) is 26.3 Å². The number of allylic oxidation sites excluding steroid dienone is 2. The molecule has 0 saturated carbocycles. The summed E-state index contributed by atoms with van der Waals surface area (Å²) >= 11 is 0. The molecule has 0 radical (unpaired) electrons. The zero-order valence-electron chi connectivity index (χ0n) is 9.85. The first-order chi connectivity index (χ1) is 9.10. The minimum atomic E-state index is -5.34. The maximum Gasteiger partial charge on any atom is 0.454 e. The molecular weight excluding hydrogens is 288 g/mol. The number of ketones is 1. The molecule has 0 bridgehead atoms. The van der Waals surface area contributed by atoms with E-state index in [2.05, 4.69) is 0 Å². The molecule has 20 heavy (non-hydrogen) atoms. The molecule has 8 heteroatoms. The van der Waals surface area contributed by atoms with Crippen LogP contribution in [0.15, 0.2) is 42.1 Å². The van der Waals surface area contributed by atoms with E-state index in [1.165, 1.54) is 12.1 Å². The molecule has 0 spiro atoms. The molecule has 0 aromatic heterocycles. The minimum absolute atomic E-state index is 0.350. The molecule has 0 aliphatic rings. The van der Waals surface area contributed by atoms with Gasteiger partial charge in [0.25, 0.3) is 5.78 Å². The van der Waals surface area contributed by atoms with Crippen LogP contribution in [-0.2, 0) is 11.3 Å². The van der Waals surface area contributed by atoms with Gasteiger partial charge >= 0.3 is 12.4 Å². The molecule has 0 amide bonds. The molecule has 0 fully saturated rings.